The monoisotopic (exact) mass is 383 g/mol. The van der Waals surface area contributed by atoms with Crippen LogP contribution in [0.25, 0.3) is 0 Å². The highest BCUT2D eigenvalue weighted by Crippen LogP contribution is 2.38. The third-order valence-corrected chi connectivity index (χ3v) is 5.96. The second-order valence-corrected chi connectivity index (χ2v) is 7.80. The molecule has 2 aromatic rings. The Hall–Kier alpha value is -2.83. The molecule has 1 amide bonds. The van der Waals surface area contributed by atoms with Gasteiger partial charge in [-0.05, 0) is 30.5 Å². The molecule has 0 spiro atoms. The number of anilines is 1. The van der Waals surface area contributed by atoms with Crippen molar-refractivity contribution in [3.63, 3.8) is 0 Å². The van der Waals surface area contributed by atoms with Crippen LogP contribution in [-0.4, -0.2) is 26.8 Å². The van der Waals surface area contributed by atoms with Crippen LogP contribution in [0.15, 0.2) is 29.1 Å². The number of carboxylic acids is 1. The number of hydrogen-bond acceptors (Lipinski definition) is 3. The Morgan fingerprint density at radius 2 is 1.64 bits per heavy atom. The number of nitrogens with zero attached hydrogens (tertiary/aromatic N) is 1. The van der Waals surface area contributed by atoms with Gasteiger partial charge in [0.15, 0.2) is 0 Å². The van der Waals surface area contributed by atoms with E-state index in [1.54, 1.807) is 12.1 Å². The normalized spacial score (nSPS) is 20.7. The maximum absolute atomic E-state index is 12.8. The molecular weight excluding hydrogens is 358 g/mol. The number of hydrogen-bond donors (Lipinski definition) is 3. The second kappa shape index (κ2) is 7.66. The number of H-pyrrole nitrogens is 1. The number of benzene rings is 1. The molecule has 2 heterocycles. The van der Waals surface area contributed by atoms with Crippen LogP contribution in [-0.2, 0) is 4.79 Å². The van der Waals surface area contributed by atoms with E-state index in [1.165, 1.54) is 31.4 Å². The number of aromatic nitrogens is 2. The van der Waals surface area contributed by atoms with E-state index in [2.05, 4.69) is 10.4 Å². The van der Waals surface area contributed by atoms with Gasteiger partial charge in [0.25, 0.3) is 5.56 Å². The van der Waals surface area contributed by atoms with Crippen molar-refractivity contribution in [1.82, 2.24) is 9.78 Å². The van der Waals surface area contributed by atoms with Crippen molar-refractivity contribution in [3.05, 3.63) is 51.3 Å². The summed E-state index contributed by atoms with van der Waals surface area (Å²) in [4.78, 5) is 36.3. The van der Waals surface area contributed by atoms with E-state index in [0.717, 1.165) is 31.2 Å². The quantitative estimate of drug-likeness (QED) is 0.753. The number of amides is 1. The lowest BCUT2D eigenvalue weighted by Crippen LogP contribution is -2.27. The van der Waals surface area contributed by atoms with Gasteiger partial charge >= 0.3 is 5.97 Å². The molecule has 1 fully saturated rings. The van der Waals surface area contributed by atoms with Crippen LogP contribution in [0, 0.1) is 0 Å². The van der Waals surface area contributed by atoms with Crippen molar-refractivity contribution in [1.29, 1.82) is 0 Å². The number of aromatic amines is 1. The topological polar surface area (TPSA) is 104 Å². The summed E-state index contributed by atoms with van der Waals surface area (Å²) in [5, 5.41) is 15.0. The average Bonchev–Trinajstić information content (AvgIpc) is 2.97. The Kier molecular flexibility index (Phi) is 5.07. The minimum atomic E-state index is -0.998. The molecule has 3 N–H and O–H groups in total. The Morgan fingerprint density at radius 3 is 2.29 bits per heavy atom. The molecule has 0 bridgehead atoms. The van der Waals surface area contributed by atoms with Gasteiger partial charge in [-0.25, -0.2) is 4.79 Å². The van der Waals surface area contributed by atoms with Crippen LogP contribution in [0.1, 0.15) is 84.8 Å². The fourth-order valence-electron chi connectivity index (χ4n) is 4.49. The molecule has 1 saturated carbocycles. The summed E-state index contributed by atoms with van der Waals surface area (Å²) in [6, 6.07) is 6.62. The van der Waals surface area contributed by atoms with E-state index >= 15 is 0 Å². The first kappa shape index (κ1) is 18.5. The second-order valence-electron chi connectivity index (χ2n) is 7.80. The molecule has 1 aliphatic carbocycles. The van der Waals surface area contributed by atoms with Gasteiger partial charge in [0.2, 0.25) is 5.91 Å². The first-order valence-corrected chi connectivity index (χ1v) is 10.0. The van der Waals surface area contributed by atoms with Gasteiger partial charge < -0.3 is 10.4 Å². The molecule has 7 heteroatoms. The predicted molar refractivity (Wildman–Crippen MR) is 105 cm³/mol. The zero-order valence-electron chi connectivity index (χ0n) is 15.7. The van der Waals surface area contributed by atoms with Gasteiger partial charge in [0, 0.05) is 12.3 Å². The number of carbonyl (C=O) groups excluding carboxylic acids is 1. The van der Waals surface area contributed by atoms with Gasteiger partial charge in [-0.15, -0.1) is 0 Å². The molecule has 1 aromatic carbocycles. The van der Waals surface area contributed by atoms with Gasteiger partial charge in [-0.1, -0.05) is 44.2 Å². The number of nitrogens with one attached hydrogen (secondary N) is 2. The number of aromatic carboxylic acids is 1. The third kappa shape index (κ3) is 3.48. The van der Waals surface area contributed by atoms with E-state index in [0.29, 0.717) is 11.4 Å². The molecule has 0 unspecified atom stereocenters. The Balaban J connectivity index is 1.72. The number of carboxylic acid groups (broad SMARTS) is 1. The standard InChI is InChI=1S/C21H25N3O4/c25-17-12-16(13-8-10-14(11-9-13)21(27)28)18-19(22-17)24(23-20(18)26)15-6-4-2-1-3-5-7-15/h8-11,15-16H,1-7,12H2,(H,22,25)(H,23,26)(H,27,28)/t16-/m0/s1. The third-order valence-electron chi connectivity index (χ3n) is 5.96. The molecule has 4 rings (SSSR count). The maximum Gasteiger partial charge on any atom is 0.335 e. The minimum Gasteiger partial charge on any atom is -0.478 e. The summed E-state index contributed by atoms with van der Waals surface area (Å²) in [7, 11) is 0. The maximum atomic E-state index is 12.8. The fourth-order valence-corrected chi connectivity index (χ4v) is 4.49. The molecule has 0 saturated heterocycles. The Labute approximate surface area is 162 Å². The molecule has 7 nitrogen and oxygen atoms in total. The zero-order chi connectivity index (χ0) is 19.7. The average molecular weight is 383 g/mol. The van der Waals surface area contributed by atoms with Crippen molar-refractivity contribution >= 4 is 17.7 Å². The summed E-state index contributed by atoms with van der Waals surface area (Å²) < 4.78 is 1.87. The largest absolute Gasteiger partial charge is 0.478 e. The van der Waals surface area contributed by atoms with Crippen LogP contribution in [0.5, 0.6) is 0 Å². The van der Waals surface area contributed by atoms with Gasteiger partial charge in [-0.3, -0.25) is 19.4 Å². The number of carbonyl (C=O) groups is 2. The Bertz CT molecular complexity index is 934. The Morgan fingerprint density at radius 1 is 1.00 bits per heavy atom. The SMILES string of the molecule is O=C1C[C@@H](c2ccc(C(=O)O)cc2)c2c(n(C3CCCCCCC3)[nH]c2=O)N1. The smallest absolute Gasteiger partial charge is 0.335 e. The molecule has 1 aromatic heterocycles. The van der Waals surface area contributed by atoms with Crippen LogP contribution in [0.4, 0.5) is 5.82 Å². The highest BCUT2D eigenvalue weighted by Gasteiger charge is 2.34. The molecule has 28 heavy (non-hydrogen) atoms. The van der Waals surface area contributed by atoms with Gasteiger partial charge in [-0.2, -0.15) is 0 Å². The molecule has 1 atom stereocenters. The molecule has 1 aliphatic heterocycles. The summed E-state index contributed by atoms with van der Waals surface area (Å²) in [6.45, 7) is 0. The van der Waals surface area contributed by atoms with Crippen LogP contribution >= 0.6 is 0 Å². The van der Waals surface area contributed by atoms with Crippen molar-refractivity contribution in [2.75, 3.05) is 5.32 Å². The fraction of sp³-hybridized carbons (Fsp3) is 0.476. The summed E-state index contributed by atoms with van der Waals surface area (Å²) in [5.74, 6) is -0.912. The summed E-state index contributed by atoms with van der Waals surface area (Å²) in [5.41, 5.74) is 1.36. The summed E-state index contributed by atoms with van der Waals surface area (Å²) in [6.07, 6.45) is 8.07. The van der Waals surface area contributed by atoms with E-state index in [-0.39, 0.29) is 35.4 Å². The van der Waals surface area contributed by atoms with Crippen LogP contribution < -0.4 is 10.9 Å². The van der Waals surface area contributed by atoms with Crippen LogP contribution in [0.2, 0.25) is 0 Å². The lowest BCUT2D eigenvalue weighted by atomic mass is 9.86. The lowest BCUT2D eigenvalue weighted by Gasteiger charge is -2.27. The van der Waals surface area contributed by atoms with E-state index in [1.807, 2.05) is 4.68 Å². The van der Waals surface area contributed by atoms with E-state index in [4.69, 9.17) is 5.11 Å². The van der Waals surface area contributed by atoms with Gasteiger partial charge in [0.1, 0.15) is 5.82 Å². The van der Waals surface area contributed by atoms with E-state index in [9.17, 15) is 14.4 Å². The number of fused-ring (bicyclic) bond motifs is 1. The van der Waals surface area contributed by atoms with Gasteiger partial charge in [0.05, 0.1) is 17.2 Å². The number of rotatable bonds is 3. The summed E-state index contributed by atoms with van der Waals surface area (Å²) >= 11 is 0. The highest BCUT2D eigenvalue weighted by atomic mass is 16.4. The highest BCUT2D eigenvalue weighted by molar-refractivity contribution is 5.94. The van der Waals surface area contributed by atoms with Crippen molar-refractivity contribution in [3.8, 4) is 0 Å². The van der Waals surface area contributed by atoms with Crippen molar-refractivity contribution < 1.29 is 14.7 Å². The zero-order valence-corrected chi connectivity index (χ0v) is 15.7. The molecule has 0 radical (unpaired) electrons. The predicted octanol–water partition coefficient (Wildman–Crippen LogP) is 3.63. The van der Waals surface area contributed by atoms with Crippen LogP contribution in [0.3, 0.4) is 0 Å². The van der Waals surface area contributed by atoms with E-state index < -0.39 is 5.97 Å². The lowest BCUT2D eigenvalue weighted by molar-refractivity contribution is -0.116. The molecular formula is C21H25N3O4. The first-order chi connectivity index (χ1) is 13.5. The van der Waals surface area contributed by atoms with Crippen molar-refractivity contribution in [2.24, 2.45) is 0 Å². The first-order valence-electron chi connectivity index (χ1n) is 10.0. The van der Waals surface area contributed by atoms with Crippen molar-refractivity contribution in [2.45, 2.75) is 63.3 Å². The minimum absolute atomic E-state index is 0.126. The molecule has 148 valence electrons. The molecule has 2 aliphatic rings.